The molecule has 14 heavy (non-hydrogen) atoms. The lowest BCUT2D eigenvalue weighted by Crippen LogP contribution is -1.88. The third-order valence-electron chi connectivity index (χ3n) is 2.63. The van der Waals surface area contributed by atoms with Gasteiger partial charge in [-0.3, -0.25) is 0 Å². The molecule has 0 bridgehead atoms. The molecule has 0 atom stereocenters. The number of fused-ring (bicyclic) bond motifs is 2. The summed E-state index contributed by atoms with van der Waals surface area (Å²) in [5.74, 6) is 0.987. The first-order valence-corrected chi connectivity index (χ1v) is 4.76. The van der Waals surface area contributed by atoms with E-state index in [0.29, 0.717) is 0 Å². The van der Waals surface area contributed by atoms with Crippen LogP contribution in [0.25, 0.3) is 12.2 Å². The van der Waals surface area contributed by atoms with Crippen LogP contribution < -0.4 is 0 Å². The monoisotopic (exact) mass is 182 g/mol. The molecule has 0 radical (unpaired) electrons. The molecule has 0 fully saturated rings. The van der Waals surface area contributed by atoms with Gasteiger partial charge >= 0.3 is 0 Å². The Labute approximate surface area is 82.7 Å². The number of benzene rings is 1. The molecule has 0 spiro atoms. The Morgan fingerprint density at radius 1 is 0.929 bits per heavy atom. The van der Waals surface area contributed by atoms with Crippen LogP contribution in [0.4, 0.5) is 0 Å². The predicted molar refractivity (Wildman–Crippen MR) is 56.9 cm³/mol. The summed E-state index contributed by atoms with van der Waals surface area (Å²) in [6, 6.07) is 10.5. The second-order valence-corrected chi connectivity index (χ2v) is 3.52. The third-order valence-corrected chi connectivity index (χ3v) is 2.63. The summed E-state index contributed by atoms with van der Waals surface area (Å²) in [5.41, 5.74) is 3.93. The van der Waals surface area contributed by atoms with E-state index in [1.165, 1.54) is 16.7 Å². The van der Waals surface area contributed by atoms with Gasteiger partial charge in [-0.15, -0.1) is 0 Å². The van der Waals surface area contributed by atoms with E-state index < -0.39 is 0 Å². The zero-order chi connectivity index (χ0) is 9.38. The van der Waals surface area contributed by atoms with E-state index in [1.807, 2.05) is 12.1 Å². The van der Waals surface area contributed by atoms with Gasteiger partial charge in [0.2, 0.25) is 0 Å². The van der Waals surface area contributed by atoms with Gasteiger partial charge in [-0.05, 0) is 23.3 Å². The van der Waals surface area contributed by atoms with Gasteiger partial charge in [0.25, 0.3) is 0 Å². The van der Waals surface area contributed by atoms with Crippen LogP contribution in [0.2, 0.25) is 0 Å². The Balaban J connectivity index is 2.19. The molecule has 68 valence electrons. The fourth-order valence-electron chi connectivity index (χ4n) is 1.87. The topological polar surface area (TPSA) is 13.1 Å². The van der Waals surface area contributed by atoms with Crippen molar-refractivity contribution in [3.8, 4) is 0 Å². The third kappa shape index (κ3) is 1.10. The maximum absolute atomic E-state index is 5.38. The fraction of sp³-hybridized carbons (Fsp3) is 0.0769. The predicted octanol–water partition coefficient (Wildman–Crippen LogP) is 3.35. The standard InChI is InChI=1S/C13H10O/c1-2-4-11-9-12-7-8-14-13(12)6-5-10(11)3-1/h1-8H,9H2. The maximum Gasteiger partial charge on any atom is 0.130 e. The van der Waals surface area contributed by atoms with E-state index >= 15 is 0 Å². The summed E-state index contributed by atoms with van der Waals surface area (Å²) in [6.45, 7) is 0. The molecule has 1 aliphatic rings. The van der Waals surface area contributed by atoms with Crippen LogP contribution in [-0.2, 0) is 6.42 Å². The van der Waals surface area contributed by atoms with Crippen molar-refractivity contribution in [2.24, 2.45) is 0 Å². The van der Waals surface area contributed by atoms with Crippen LogP contribution in [0.1, 0.15) is 22.5 Å². The van der Waals surface area contributed by atoms with Gasteiger partial charge in [0.05, 0.1) is 6.26 Å². The maximum atomic E-state index is 5.38. The lowest BCUT2D eigenvalue weighted by molar-refractivity contribution is 0.554. The van der Waals surface area contributed by atoms with E-state index in [2.05, 4.69) is 30.3 Å². The number of hydrogen-bond acceptors (Lipinski definition) is 1. The highest BCUT2D eigenvalue weighted by Gasteiger charge is 2.09. The van der Waals surface area contributed by atoms with Gasteiger partial charge in [0.1, 0.15) is 5.76 Å². The highest BCUT2D eigenvalue weighted by molar-refractivity contribution is 5.73. The average molecular weight is 182 g/mol. The molecule has 2 aromatic rings. The molecule has 0 saturated heterocycles. The van der Waals surface area contributed by atoms with Crippen molar-refractivity contribution < 1.29 is 4.42 Å². The SMILES string of the molecule is C1=Cc2occc2Cc2ccccc21. The van der Waals surface area contributed by atoms with Crippen LogP contribution in [-0.4, -0.2) is 0 Å². The second kappa shape index (κ2) is 2.88. The van der Waals surface area contributed by atoms with Crippen LogP contribution in [0, 0.1) is 0 Å². The lowest BCUT2D eigenvalue weighted by Gasteiger charge is -2.01. The smallest absolute Gasteiger partial charge is 0.130 e. The van der Waals surface area contributed by atoms with Crippen LogP contribution in [0.3, 0.4) is 0 Å². The summed E-state index contributed by atoms with van der Waals surface area (Å²) in [7, 11) is 0. The first kappa shape index (κ1) is 7.63. The van der Waals surface area contributed by atoms with E-state index in [-0.39, 0.29) is 0 Å². The molecule has 3 rings (SSSR count). The molecular weight excluding hydrogens is 172 g/mol. The highest BCUT2D eigenvalue weighted by atomic mass is 16.3. The van der Waals surface area contributed by atoms with Crippen molar-refractivity contribution in [3.63, 3.8) is 0 Å². The molecule has 1 aromatic heterocycles. The van der Waals surface area contributed by atoms with Gasteiger partial charge in [-0.2, -0.15) is 0 Å². The number of hydrogen-bond donors (Lipinski definition) is 0. The Morgan fingerprint density at radius 2 is 1.86 bits per heavy atom. The van der Waals surface area contributed by atoms with Gasteiger partial charge in [0.15, 0.2) is 0 Å². The highest BCUT2D eigenvalue weighted by Crippen LogP contribution is 2.24. The Morgan fingerprint density at radius 3 is 2.86 bits per heavy atom. The first-order valence-electron chi connectivity index (χ1n) is 4.76. The largest absolute Gasteiger partial charge is 0.465 e. The minimum Gasteiger partial charge on any atom is -0.465 e. The van der Waals surface area contributed by atoms with Gasteiger partial charge in [-0.1, -0.05) is 30.3 Å². The average Bonchev–Trinajstić information content (AvgIpc) is 2.58. The molecule has 1 nitrogen and oxygen atoms in total. The molecule has 1 heterocycles. The summed E-state index contributed by atoms with van der Waals surface area (Å²) >= 11 is 0. The van der Waals surface area contributed by atoms with E-state index in [0.717, 1.165) is 12.2 Å². The lowest BCUT2D eigenvalue weighted by atomic mass is 10.0. The molecule has 0 amide bonds. The van der Waals surface area contributed by atoms with Gasteiger partial charge < -0.3 is 4.42 Å². The Kier molecular flexibility index (Phi) is 1.57. The summed E-state index contributed by atoms with van der Waals surface area (Å²) in [4.78, 5) is 0. The van der Waals surface area contributed by atoms with E-state index in [1.54, 1.807) is 6.26 Å². The first-order chi connectivity index (χ1) is 6.93. The second-order valence-electron chi connectivity index (χ2n) is 3.52. The van der Waals surface area contributed by atoms with Gasteiger partial charge in [0, 0.05) is 12.0 Å². The molecule has 0 aliphatic heterocycles. The van der Waals surface area contributed by atoms with Crippen molar-refractivity contribution in [1.82, 2.24) is 0 Å². The van der Waals surface area contributed by atoms with Crippen molar-refractivity contribution in [2.45, 2.75) is 6.42 Å². The van der Waals surface area contributed by atoms with Crippen molar-refractivity contribution >= 4 is 12.2 Å². The Hall–Kier alpha value is -1.76. The summed E-state index contributed by atoms with van der Waals surface area (Å²) < 4.78 is 5.38. The normalized spacial score (nSPS) is 13.1. The number of furan rings is 1. The zero-order valence-corrected chi connectivity index (χ0v) is 7.73. The van der Waals surface area contributed by atoms with Crippen LogP contribution in [0.15, 0.2) is 41.0 Å². The Bertz CT molecular complexity index is 491. The molecule has 1 heteroatoms. The molecule has 0 saturated carbocycles. The van der Waals surface area contributed by atoms with Crippen LogP contribution >= 0.6 is 0 Å². The molecule has 1 aromatic carbocycles. The van der Waals surface area contributed by atoms with Crippen molar-refractivity contribution in [2.75, 3.05) is 0 Å². The summed E-state index contributed by atoms with van der Waals surface area (Å²) in [6.07, 6.45) is 6.88. The minimum absolute atomic E-state index is 0.967. The molecule has 0 N–H and O–H groups in total. The molecule has 1 aliphatic carbocycles. The molecule has 0 unspecified atom stereocenters. The fourth-order valence-corrected chi connectivity index (χ4v) is 1.87. The zero-order valence-electron chi connectivity index (χ0n) is 7.73. The van der Waals surface area contributed by atoms with Crippen LogP contribution in [0.5, 0.6) is 0 Å². The van der Waals surface area contributed by atoms with Crippen molar-refractivity contribution in [3.05, 3.63) is 59.0 Å². The van der Waals surface area contributed by atoms with E-state index in [4.69, 9.17) is 4.42 Å². The summed E-state index contributed by atoms with van der Waals surface area (Å²) in [5, 5.41) is 0. The molecular formula is C13H10O. The van der Waals surface area contributed by atoms with E-state index in [9.17, 15) is 0 Å². The quantitative estimate of drug-likeness (QED) is 0.519. The minimum atomic E-state index is 0.967. The number of rotatable bonds is 0. The van der Waals surface area contributed by atoms with Gasteiger partial charge in [-0.25, -0.2) is 0 Å². The van der Waals surface area contributed by atoms with Crippen molar-refractivity contribution in [1.29, 1.82) is 0 Å².